The van der Waals surface area contributed by atoms with Gasteiger partial charge in [0.25, 0.3) is 23.7 Å². The zero-order valence-electron chi connectivity index (χ0n) is 23.4. The molecule has 0 saturated heterocycles. The van der Waals surface area contributed by atoms with Crippen LogP contribution in [0.1, 0.15) is 52.2 Å². The van der Waals surface area contributed by atoms with Gasteiger partial charge in [0, 0.05) is 12.0 Å². The quantitative estimate of drug-likeness (QED) is 0.0828. The summed E-state index contributed by atoms with van der Waals surface area (Å²) in [6.07, 6.45) is -6.31. The lowest BCUT2D eigenvalue weighted by atomic mass is 9.74. The largest absolute Gasteiger partial charge is 0.494 e. The fraction of sp³-hybridized carbons (Fsp3) is 0.692. The van der Waals surface area contributed by atoms with Crippen LogP contribution in [0.2, 0.25) is 0 Å². The van der Waals surface area contributed by atoms with E-state index in [1.807, 2.05) is 0 Å². The molecule has 0 spiro atoms. The Balaban J connectivity index is 3.50. The number of halogens is 16. The maximum absolute atomic E-state index is 16.2. The Labute approximate surface area is 311 Å². The second-order valence-corrected chi connectivity index (χ2v) is 21.9. The van der Waals surface area contributed by atoms with Gasteiger partial charge >= 0.3 is 6.18 Å². The molecule has 5 unspecified atom stereocenters. The second kappa shape index (κ2) is 13.2. The highest BCUT2D eigenvalue weighted by Crippen LogP contribution is 2.68. The van der Waals surface area contributed by atoms with Gasteiger partial charge in [-0.25, -0.2) is 35.1 Å². The molecule has 5 atom stereocenters. The molecule has 0 aliphatic rings. The minimum atomic E-state index is -5.73. The summed E-state index contributed by atoms with van der Waals surface area (Å²) < 4.78 is 155. The second-order valence-electron chi connectivity index (χ2n) is 10.8. The summed E-state index contributed by atoms with van der Waals surface area (Å²) in [5.41, 5.74) is 1.34. The number of rotatable bonds is 13. The Bertz CT molecular complexity index is 1180. The highest BCUT2D eigenvalue weighted by atomic mass is 127. The van der Waals surface area contributed by atoms with E-state index in [9.17, 15) is 13.2 Å². The van der Waals surface area contributed by atoms with E-state index in [1.54, 1.807) is 31.2 Å². The van der Waals surface area contributed by atoms with Crippen molar-refractivity contribution in [1.82, 2.24) is 0 Å². The van der Waals surface area contributed by atoms with Crippen molar-refractivity contribution in [2.45, 2.75) is 94.9 Å². The summed E-state index contributed by atoms with van der Waals surface area (Å²) in [5, 5.41) is 0. The number of aryl methyl sites for hydroxylation is 1. The average molecular weight is 1200 g/mol. The van der Waals surface area contributed by atoms with Gasteiger partial charge in [-0.05, 0) is 47.1 Å². The molecule has 43 heavy (non-hydrogen) atoms. The Morgan fingerprint density at radius 3 is 1.35 bits per heavy atom. The van der Waals surface area contributed by atoms with E-state index in [-0.39, 0.29) is 49.1 Å². The van der Waals surface area contributed by atoms with Gasteiger partial charge in [-0.2, -0.15) is 13.2 Å². The minimum Gasteiger partial charge on any atom is -0.494 e. The molecule has 1 aromatic rings. The van der Waals surface area contributed by atoms with Crippen LogP contribution in [0.5, 0.6) is 0 Å². The Morgan fingerprint density at radius 1 is 0.628 bits per heavy atom. The van der Waals surface area contributed by atoms with Crippen molar-refractivity contribution in [3.05, 3.63) is 42.0 Å². The highest BCUT2D eigenvalue weighted by molar-refractivity contribution is 14.1. The third-order valence-corrected chi connectivity index (χ3v) is 14.2. The van der Waals surface area contributed by atoms with Crippen LogP contribution in [0.15, 0.2) is 30.8 Å². The first-order valence-electron chi connectivity index (χ1n) is 12.1. The Morgan fingerprint density at radius 2 is 0.977 bits per heavy atom. The van der Waals surface area contributed by atoms with Crippen LogP contribution in [0.4, 0.5) is 48.3 Å². The molecule has 0 aliphatic carbocycles. The predicted octanol–water partition coefficient (Wildman–Crippen LogP) is 12.4. The lowest BCUT2D eigenvalue weighted by molar-refractivity contribution is -0.253. The average Bonchev–Trinajstić information content (AvgIpc) is 2.82. The maximum Gasteiger partial charge on any atom is 0.408 e. The molecule has 0 N–H and O–H groups in total. The lowest BCUT2D eigenvalue weighted by Gasteiger charge is -2.54. The molecular formula is C26H28F11I5O. The van der Waals surface area contributed by atoms with Crippen molar-refractivity contribution in [1.29, 1.82) is 0 Å². The Kier molecular flexibility index (Phi) is 13.1. The summed E-state index contributed by atoms with van der Waals surface area (Å²) in [6, 6.07) is 6.85. The molecular weight excluding hydrogens is 1170 g/mol. The van der Waals surface area contributed by atoms with E-state index >= 15 is 35.1 Å². The highest BCUT2D eigenvalue weighted by Gasteiger charge is 2.85. The van der Waals surface area contributed by atoms with Gasteiger partial charge in [0.15, 0.2) is 3.42 Å². The summed E-state index contributed by atoms with van der Waals surface area (Å²) in [7, 11) is 0. The van der Waals surface area contributed by atoms with Gasteiger partial charge < -0.3 is 4.74 Å². The van der Waals surface area contributed by atoms with Crippen molar-refractivity contribution >= 4 is 119 Å². The molecule has 17 heteroatoms. The monoisotopic (exact) mass is 1200 g/mol. The molecule has 1 nitrogen and oxygen atoms in total. The van der Waals surface area contributed by atoms with E-state index in [0.29, 0.717) is 80.3 Å². The van der Waals surface area contributed by atoms with Crippen LogP contribution in [0.3, 0.4) is 0 Å². The summed E-state index contributed by atoms with van der Waals surface area (Å²) in [5.74, 6) is -20.2. The van der Waals surface area contributed by atoms with Gasteiger partial charge in [0.1, 0.15) is 16.0 Å². The third kappa shape index (κ3) is 6.91. The molecule has 250 valence electrons. The molecule has 0 fully saturated rings. The van der Waals surface area contributed by atoms with Gasteiger partial charge in [0.2, 0.25) is 0 Å². The lowest BCUT2D eigenvalue weighted by Crippen LogP contribution is -2.76. The fourth-order valence-corrected chi connectivity index (χ4v) is 10.7. The molecule has 0 radical (unpaired) electrons. The van der Waals surface area contributed by atoms with Crippen molar-refractivity contribution in [3.63, 3.8) is 0 Å². The van der Waals surface area contributed by atoms with Gasteiger partial charge in [-0.1, -0.05) is 144 Å². The maximum atomic E-state index is 16.2. The standard InChI is InChI=1S/C26H28F11I5O/c1-14-10-8-9-11-16(14)15(2)43-13-12-17(3,38)22(27,28)18(4,39)23(29,30)19(5,40)24(31,32)20(6,41)25(33,34)21(7,42)26(35,36)37/h8-11H,2,12-13H2,1,3-7H3. The van der Waals surface area contributed by atoms with Crippen LogP contribution >= 0.6 is 113 Å². The fourth-order valence-electron chi connectivity index (χ4n) is 4.07. The molecule has 1 aromatic carbocycles. The first-order valence-corrected chi connectivity index (χ1v) is 17.4. The molecule has 1 rings (SSSR count). The van der Waals surface area contributed by atoms with Crippen molar-refractivity contribution in [2.75, 3.05) is 6.61 Å². The Hall–Kier alpha value is 1.64. The van der Waals surface area contributed by atoms with Crippen LogP contribution in [-0.4, -0.2) is 53.6 Å². The number of ether oxygens (including phenoxy) is 1. The molecule has 0 heterocycles. The number of hydrogen-bond acceptors (Lipinski definition) is 1. The van der Waals surface area contributed by atoms with E-state index in [4.69, 9.17) is 4.74 Å². The molecule has 0 aromatic heterocycles. The van der Waals surface area contributed by atoms with E-state index in [1.165, 1.54) is 22.6 Å². The smallest absolute Gasteiger partial charge is 0.408 e. The molecule has 0 saturated carbocycles. The topological polar surface area (TPSA) is 9.23 Å². The van der Waals surface area contributed by atoms with E-state index in [2.05, 4.69) is 6.58 Å². The van der Waals surface area contributed by atoms with Gasteiger partial charge in [0.05, 0.1) is 10.0 Å². The van der Waals surface area contributed by atoms with Gasteiger partial charge in [-0.15, -0.1) is 0 Å². The number of alkyl halides is 16. The van der Waals surface area contributed by atoms with Crippen molar-refractivity contribution < 1.29 is 53.0 Å². The normalized spacial score (nSPS) is 21.1. The minimum absolute atomic E-state index is 0.00692. The number of benzene rings is 1. The SMILES string of the molecule is C=C(OCCC(C)(I)C(F)(F)C(C)(I)C(F)(F)C(C)(I)C(F)(F)C(C)(I)C(F)(F)C(C)(I)C(F)(F)F)c1ccccc1C. The van der Waals surface area contributed by atoms with Crippen LogP contribution in [-0.2, 0) is 4.74 Å². The summed E-state index contributed by atoms with van der Waals surface area (Å²) >= 11 is 2.85. The predicted molar refractivity (Wildman–Crippen MR) is 189 cm³/mol. The first-order chi connectivity index (χ1) is 18.6. The molecule has 0 amide bonds. The van der Waals surface area contributed by atoms with Crippen LogP contribution in [0, 0.1) is 6.92 Å². The first kappa shape index (κ1) is 42.7. The summed E-state index contributed by atoms with van der Waals surface area (Å²) in [6.45, 7) is 6.33. The number of hydrogen-bond donors (Lipinski definition) is 0. The molecule has 0 bridgehead atoms. The zero-order chi connectivity index (χ0) is 34.7. The van der Waals surface area contributed by atoms with Gasteiger partial charge in [-0.3, -0.25) is 0 Å². The van der Waals surface area contributed by atoms with Crippen molar-refractivity contribution in [3.8, 4) is 0 Å². The van der Waals surface area contributed by atoms with Crippen LogP contribution < -0.4 is 0 Å². The van der Waals surface area contributed by atoms with E-state index in [0.717, 1.165) is 12.5 Å². The van der Waals surface area contributed by atoms with E-state index < -0.39 is 60.0 Å². The molecule has 0 aliphatic heterocycles. The summed E-state index contributed by atoms with van der Waals surface area (Å²) in [4.78, 5) is 0. The van der Waals surface area contributed by atoms with Crippen molar-refractivity contribution in [2.24, 2.45) is 0 Å². The van der Waals surface area contributed by atoms with Crippen LogP contribution in [0.25, 0.3) is 5.76 Å². The third-order valence-electron chi connectivity index (χ3n) is 7.61. The zero-order valence-corrected chi connectivity index (χ0v) is 34.2.